The molecule has 0 spiro atoms. The molecule has 1 amide bonds. The zero-order valence-electron chi connectivity index (χ0n) is 15.2. The number of carbonyl (C=O) groups excluding carboxylic acids is 2. The number of ketones is 1. The number of carbonyl (C=O) groups is 2. The molecule has 2 saturated heterocycles. The maximum absolute atomic E-state index is 13.3. The van der Waals surface area contributed by atoms with Crippen molar-refractivity contribution >= 4 is 28.8 Å². The largest absolute Gasteiger partial charge is 0.325 e. The van der Waals surface area contributed by atoms with Crippen LogP contribution in [-0.2, 0) is 22.4 Å². The Balaban J connectivity index is 1.53. The second-order valence-electron chi connectivity index (χ2n) is 7.73. The maximum atomic E-state index is 13.3. The molecule has 27 heavy (non-hydrogen) atoms. The van der Waals surface area contributed by atoms with Crippen LogP contribution in [0.4, 0.5) is 0 Å². The Kier molecular flexibility index (Phi) is 5.07. The summed E-state index contributed by atoms with van der Waals surface area (Å²) in [6, 6.07) is 9.47. The molecule has 3 aliphatic rings. The Hall–Kier alpha value is -2.10. The van der Waals surface area contributed by atoms with Gasteiger partial charge in [0.05, 0.1) is 12.0 Å². The van der Waals surface area contributed by atoms with Crippen molar-refractivity contribution in [2.24, 2.45) is 11.8 Å². The highest BCUT2D eigenvalue weighted by atomic mass is 32.1. The Labute approximate surface area is 164 Å². The van der Waals surface area contributed by atoms with Gasteiger partial charge in [-0.1, -0.05) is 36.5 Å². The first-order chi connectivity index (χ1) is 13.1. The first-order valence-electron chi connectivity index (χ1n) is 9.67. The van der Waals surface area contributed by atoms with Crippen molar-refractivity contribution < 1.29 is 9.59 Å². The van der Waals surface area contributed by atoms with E-state index < -0.39 is 12.0 Å². The van der Waals surface area contributed by atoms with E-state index in [2.05, 4.69) is 23.5 Å². The van der Waals surface area contributed by atoms with Crippen LogP contribution in [0.3, 0.4) is 0 Å². The van der Waals surface area contributed by atoms with Crippen LogP contribution in [-0.4, -0.2) is 46.6 Å². The van der Waals surface area contributed by atoms with Crippen LogP contribution in [0, 0.1) is 23.2 Å². The van der Waals surface area contributed by atoms with Crippen LogP contribution in [0.15, 0.2) is 24.3 Å². The summed E-state index contributed by atoms with van der Waals surface area (Å²) < 4.78 is 0. The van der Waals surface area contributed by atoms with Crippen molar-refractivity contribution in [3.05, 3.63) is 35.4 Å². The highest BCUT2D eigenvalue weighted by Gasteiger charge is 2.46. The summed E-state index contributed by atoms with van der Waals surface area (Å²) in [4.78, 5) is 28.7. The molecule has 2 aliphatic heterocycles. The number of rotatable bonds is 3. The van der Waals surface area contributed by atoms with Gasteiger partial charge in [0.1, 0.15) is 17.9 Å². The molecular weight excluding hydrogens is 358 g/mol. The van der Waals surface area contributed by atoms with Gasteiger partial charge in [0.15, 0.2) is 0 Å². The predicted molar refractivity (Wildman–Crippen MR) is 105 cm³/mol. The summed E-state index contributed by atoms with van der Waals surface area (Å²) in [5.74, 6) is -0.704. The van der Waals surface area contributed by atoms with Crippen LogP contribution in [0.1, 0.15) is 30.4 Å². The smallest absolute Gasteiger partial charge is 0.241 e. The van der Waals surface area contributed by atoms with Gasteiger partial charge in [-0.2, -0.15) is 5.26 Å². The molecule has 1 aromatic rings. The van der Waals surface area contributed by atoms with Gasteiger partial charge in [0.2, 0.25) is 5.91 Å². The molecule has 1 unspecified atom stereocenters. The second kappa shape index (κ2) is 7.49. The molecule has 2 heterocycles. The number of Topliss-reactive ketones (excluding diaryl/α,β-unsaturated/α-hetero) is 1. The lowest BCUT2D eigenvalue weighted by molar-refractivity contribution is -0.137. The van der Waals surface area contributed by atoms with Gasteiger partial charge >= 0.3 is 0 Å². The SMILES string of the molecule is N#C[C@@H]1CCCN1C(=O)[C@H]1NCC(=S)C1C(=O)[C@H]1CCc2ccccc2C1. The quantitative estimate of drug-likeness (QED) is 0.809. The van der Waals surface area contributed by atoms with Crippen molar-refractivity contribution in [1.29, 1.82) is 5.26 Å². The van der Waals surface area contributed by atoms with E-state index in [0.717, 1.165) is 25.7 Å². The van der Waals surface area contributed by atoms with Crippen molar-refractivity contribution in [3.63, 3.8) is 0 Å². The Bertz CT molecular complexity index is 831. The van der Waals surface area contributed by atoms with Gasteiger partial charge in [0.25, 0.3) is 0 Å². The third-order valence-electron chi connectivity index (χ3n) is 6.18. The standard InChI is InChI=1S/C21H23N3O2S/c22-11-16-6-3-9-24(16)21(26)19-18(17(27)12-23-19)20(25)15-8-7-13-4-1-2-5-14(13)10-15/h1-2,4-5,15-16,18-19,23H,3,6-10,12H2/t15-,16-,18?,19-/m0/s1. The second-order valence-corrected chi connectivity index (χ2v) is 8.26. The van der Waals surface area contributed by atoms with Crippen LogP contribution in [0.25, 0.3) is 0 Å². The van der Waals surface area contributed by atoms with E-state index in [9.17, 15) is 14.9 Å². The number of benzene rings is 1. The number of nitrogens with zero attached hydrogens (tertiary/aromatic N) is 2. The van der Waals surface area contributed by atoms with Crippen LogP contribution < -0.4 is 5.32 Å². The number of nitrogens with one attached hydrogen (secondary N) is 1. The van der Waals surface area contributed by atoms with E-state index in [1.54, 1.807) is 4.90 Å². The van der Waals surface area contributed by atoms with Gasteiger partial charge in [-0.15, -0.1) is 0 Å². The van der Waals surface area contributed by atoms with E-state index in [-0.39, 0.29) is 23.7 Å². The number of amides is 1. The fraction of sp³-hybridized carbons (Fsp3) is 0.524. The number of thiocarbonyl (C=S) groups is 1. The van der Waals surface area contributed by atoms with E-state index in [0.29, 0.717) is 24.4 Å². The third kappa shape index (κ3) is 3.30. The zero-order chi connectivity index (χ0) is 19.0. The molecule has 0 aromatic heterocycles. The summed E-state index contributed by atoms with van der Waals surface area (Å²) in [7, 11) is 0. The monoisotopic (exact) mass is 381 g/mol. The average molecular weight is 382 g/mol. The topological polar surface area (TPSA) is 73.2 Å². The van der Waals surface area contributed by atoms with Gasteiger partial charge in [-0.05, 0) is 43.2 Å². The molecule has 140 valence electrons. The Morgan fingerprint density at radius 3 is 2.78 bits per heavy atom. The lowest BCUT2D eigenvalue weighted by atomic mass is 9.76. The first-order valence-corrected chi connectivity index (χ1v) is 10.1. The molecule has 5 nitrogen and oxygen atoms in total. The van der Waals surface area contributed by atoms with Crippen molar-refractivity contribution in [2.75, 3.05) is 13.1 Å². The maximum Gasteiger partial charge on any atom is 0.241 e. The average Bonchev–Trinajstić information content (AvgIpc) is 3.33. The number of hydrogen-bond acceptors (Lipinski definition) is 5. The van der Waals surface area contributed by atoms with Gasteiger partial charge in [-0.25, -0.2) is 0 Å². The van der Waals surface area contributed by atoms with Crippen LogP contribution in [0.2, 0.25) is 0 Å². The number of fused-ring (bicyclic) bond motifs is 1. The van der Waals surface area contributed by atoms with E-state index in [4.69, 9.17) is 12.2 Å². The number of nitriles is 1. The molecule has 1 aromatic carbocycles. The molecule has 4 atom stereocenters. The Morgan fingerprint density at radius 1 is 1.22 bits per heavy atom. The molecule has 6 heteroatoms. The normalized spacial score (nSPS) is 30.0. The number of hydrogen-bond donors (Lipinski definition) is 1. The van der Waals surface area contributed by atoms with E-state index in [1.807, 2.05) is 12.1 Å². The molecule has 0 bridgehead atoms. The minimum absolute atomic E-state index is 0.0885. The molecular formula is C21H23N3O2S. The fourth-order valence-corrected chi connectivity index (χ4v) is 5.05. The summed E-state index contributed by atoms with van der Waals surface area (Å²) in [6.07, 6.45) is 3.96. The summed E-state index contributed by atoms with van der Waals surface area (Å²) in [5, 5.41) is 12.4. The highest BCUT2D eigenvalue weighted by Crippen LogP contribution is 2.31. The highest BCUT2D eigenvalue weighted by molar-refractivity contribution is 7.80. The predicted octanol–water partition coefficient (Wildman–Crippen LogP) is 1.83. The molecule has 0 radical (unpaired) electrons. The third-order valence-corrected chi connectivity index (χ3v) is 6.58. The zero-order valence-corrected chi connectivity index (χ0v) is 16.0. The van der Waals surface area contributed by atoms with Crippen molar-refractivity contribution in [3.8, 4) is 6.07 Å². The molecule has 4 rings (SSSR count). The van der Waals surface area contributed by atoms with E-state index >= 15 is 0 Å². The van der Waals surface area contributed by atoms with Crippen LogP contribution >= 0.6 is 12.2 Å². The minimum atomic E-state index is -0.615. The molecule has 1 aliphatic carbocycles. The molecule has 1 N–H and O–H groups in total. The lowest BCUT2D eigenvalue weighted by Crippen LogP contribution is -2.50. The molecule has 0 saturated carbocycles. The number of likely N-dealkylation sites (tertiary alicyclic amines) is 1. The van der Waals surface area contributed by atoms with Gasteiger partial charge in [0, 0.05) is 23.9 Å². The van der Waals surface area contributed by atoms with Crippen molar-refractivity contribution in [2.45, 2.75) is 44.2 Å². The first kappa shape index (κ1) is 18.3. The summed E-state index contributed by atoms with van der Waals surface area (Å²) in [5.41, 5.74) is 2.54. The number of aryl methyl sites for hydroxylation is 1. The van der Waals surface area contributed by atoms with E-state index in [1.165, 1.54) is 11.1 Å². The fourth-order valence-electron chi connectivity index (χ4n) is 4.71. The van der Waals surface area contributed by atoms with Gasteiger partial charge in [-0.3, -0.25) is 9.59 Å². The summed E-state index contributed by atoms with van der Waals surface area (Å²) >= 11 is 5.47. The summed E-state index contributed by atoms with van der Waals surface area (Å²) in [6.45, 7) is 0.996. The Morgan fingerprint density at radius 2 is 2.00 bits per heavy atom. The van der Waals surface area contributed by atoms with Gasteiger partial charge < -0.3 is 10.2 Å². The minimum Gasteiger partial charge on any atom is -0.325 e. The van der Waals surface area contributed by atoms with Crippen molar-refractivity contribution in [1.82, 2.24) is 10.2 Å². The molecule has 2 fully saturated rings. The van der Waals surface area contributed by atoms with Crippen LogP contribution in [0.5, 0.6) is 0 Å². The lowest BCUT2D eigenvalue weighted by Gasteiger charge is -2.29.